The van der Waals surface area contributed by atoms with Crippen LogP contribution in [0.4, 0.5) is 5.69 Å². The number of aromatic nitrogens is 1. The maximum Gasteiger partial charge on any atom is 0.238 e. The Bertz CT molecular complexity index is 918. The van der Waals surface area contributed by atoms with Crippen LogP contribution in [-0.4, -0.2) is 50.4 Å². The van der Waals surface area contributed by atoms with Crippen LogP contribution in [0.5, 0.6) is 0 Å². The van der Waals surface area contributed by atoms with Gasteiger partial charge in [-0.3, -0.25) is 14.7 Å². The van der Waals surface area contributed by atoms with Gasteiger partial charge in [0, 0.05) is 43.8 Å². The standard InChI is InChI=1S/C18H23N5O3S/c1-13-4-5-15(27(19,25)26)9-16(13)22-18(24)12-23-8-7-21-11-17(23)14-3-2-6-20-10-14/h2-6,9-10,17,21H,7-8,11-12H2,1H3,(H,22,24)(H2,19,25,26). The summed E-state index contributed by atoms with van der Waals surface area (Å²) < 4.78 is 23.1. The average Bonchev–Trinajstić information content (AvgIpc) is 2.64. The molecule has 1 fully saturated rings. The molecule has 1 saturated heterocycles. The van der Waals surface area contributed by atoms with Crippen LogP contribution in [0, 0.1) is 6.92 Å². The van der Waals surface area contributed by atoms with Gasteiger partial charge in [-0.15, -0.1) is 0 Å². The molecule has 2 heterocycles. The lowest BCUT2D eigenvalue weighted by atomic mass is 10.1. The monoisotopic (exact) mass is 389 g/mol. The first-order chi connectivity index (χ1) is 12.8. The van der Waals surface area contributed by atoms with Crippen molar-refractivity contribution in [2.45, 2.75) is 17.9 Å². The molecule has 0 saturated carbocycles. The summed E-state index contributed by atoms with van der Waals surface area (Å²) in [4.78, 5) is 18.8. The number of primary sulfonamides is 1. The van der Waals surface area contributed by atoms with Gasteiger partial charge in [-0.2, -0.15) is 0 Å². The number of hydrogen-bond acceptors (Lipinski definition) is 6. The van der Waals surface area contributed by atoms with Crippen LogP contribution in [0.1, 0.15) is 17.2 Å². The van der Waals surface area contributed by atoms with Crippen molar-refractivity contribution in [2.75, 3.05) is 31.5 Å². The molecule has 1 aliphatic rings. The van der Waals surface area contributed by atoms with E-state index >= 15 is 0 Å². The van der Waals surface area contributed by atoms with Crippen molar-refractivity contribution in [3.05, 3.63) is 53.9 Å². The predicted molar refractivity (Wildman–Crippen MR) is 103 cm³/mol. The number of rotatable bonds is 5. The van der Waals surface area contributed by atoms with Crippen molar-refractivity contribution in [3.8, 4) is 0 Å². The molecule has 0 radical (unpaired) electrons. The third-order valence-corrected chi connectivity index (χ3v) is 5.49. The van der Waals surface area contributed by atoms with Gasteiger partial charge in [0.2, 0.25) is 15.9 Å². The number of anilines is 1. The average molecular weight is 389 g/mol. The van der Waals surface area contributed by atoms with Crippen LogP contribution in [-0.2, 0) is 14.8 Å². The molecule has 1 unspecified atom stereocenters. The molecule has 1 aliphatic heterocycles. The SMILES string of the molecule is Cc1ccc(S(N)(=O)=O)cc1NC(=O)CN1CCNCC1c1cccnc1. The molecule has 8 nitrogen and oxygen atoms in total. The summed E-state index contributed by atoms with van der Waals surface area (Å²) in [6.45, 7) is 4.25. The van der Waals surface area contributed by atoms with Crippen LogP contribution in [0.15, 0.2) is 47.6 Å². The van der Waals surface area contributed by atoms with E-state index in [2.05, 4.69) is 20.5 Å². The van der Waals surface area contributed by atoms with Crippen molar-refractivity contribution in [3.63, 3.8) is 0 Å². The van der Waals surface area contributed by atoms with E-state index in [0.29, 0.717) is 5.69 Å². The third-order valence-electron chi connectivity index (χ3n) is 4.58. The highest BCUT2D eigenvalue weighted by Crippen LogP contribution is 2.22. The number of carbonyl (C=O) groups excluding carboxylic acids is 1. The van der Waals surface area contributed by atoms with E-state index in [-0.39, 0.29) is 23.4 Å². The minimum Gasteiger partial charge on any atom is -0.325 e. The fourth-order valence-electron chi connectivity index (χ4n) is 3.12. The normalized spacial score (nSPS) is 18.2. The zero-order valence-corrected chi connectivity index (χ0v) is 15.9. The fraction of sp³-hybridized carbons (Fsp3) is 0.333. The first kappa shape index (κ1) is 19.4. The molecule has 1 amide bonds. The summed E-state index contributed by atoms with van der Waals surface area (Å²) in [7, 11) is -3.83. The van der Waals surface area contributed by atoms with Gasteiger partial charge in [-0.05, 0) is 36.2 Å². The number of benzene rings is 1. The summed E-state index contributed by atoms with van der Waals surface area (Å²) in [5.41, 5.74) is 2.25. The van der Waals surface area contributed by atoms with Gasteiger partial charge in [0.05, 0.1) is 11.4 Å². The predicted octanol–water partition coefficient (Wildman–Crippen LogP) is 0.622. The van der Waals surface area contributed by atoms with Crippen LogP contribution in [0.3, 0.4) is 0 Å². The smallest absolute Gasteiger partial charge is 0.238 e. The highest BCUT2D eigenvalue weighted by molar-refractivity contribution is 7.89. The molecule has 1 aromatic carbocycles. The molecular weight excluding hydrogens is 366 g/mol. The minimum absolute atomic E-state index is 0.0289. The van der Waals surface area contributed by atoms with Crippen molar-refractivity contribution in [1.29, 1.82) is 0 Å². The summed E-state index contributed by atoms with van der Waals surface area (Å²) >= 11 is 0. The number of hydrogen-bond donors (Lipinski definition) is 3. The lowest BCUT2D eigenvalue weighted by Gasteiger charge is -2.35. The van der Waals surface area contributed by atoms with E-state index in [0.717, 1.165) is 30.8 Å². The van der Waals surface area contributed by atoms with Gasteiger partial charge in [0.15, 0.2) is 0 Å². The van der Waals surface area contributed by atoms with Crippen LogP contribution < -0.4 is 15.8 Å². The second-order valence-corrected chi connectivity index (χ2v) is 8.11. The van der Waals surface area contributed by atoms with Gasteiger partial charge in [-0.1, -0.05) is 12.1 Å². The topological polar surface area (TPSA) is 117 Å². The van der Waals surface area contributed by atoms with E-state index in [1.54, 1.807) is 19.2 Å². The van der Waals surface area contributed by atoms with Crippen LogP contribution in [0.25, 0.3) is 0 Å². The number of aryl methyl sites for hydroxylation is 1. The quantitative estimate of drug-likeness (QED) is 0.690. The lowest BCUT2D eigenvalue weighted by Crippen LogP contribution is -2.48. The van der Waals surface area contributed by atoms with E-state index in [1.165, 1.54) is 12.1 Å². The second kappa shape index (κ2) is 8.13. The maximum absolute atomic E-state index is 12.6. The summed E-state index contributed by atoms with van der Waals surface area (Å²) in [5, 5.41) is 11.3. The number of nitrogens with two attached hydrogens (primary N) is 1. The number of pyridine rings is 1. The molecule has 27 heavy (non-hydrogen) atoms. The highest BCUT2D eigenvalue weighted by Gasteiger charge is 2.25. The summed E-state index contributed by atoms with van der Waals surface area (Å²) in [5.74, 6) is -0.208. The summed E-state index contributed by atoms with van der Waals surface area (Å²) in [6, 6.07) is 8.36. The van der Waals surface area contributed by atoms with Crippen LogP contribution >= 0.6 is 0 Å². The molecule has 9 heteroatoms. The van der Waals surface area contributed by atoms with Gasteiger partial charge in [-0.25, -0.2) is 13.6 Å². The van der Waals surface area contributed by atoms with E-state index in [4.69, 9.17) is 5.14 Å². The zero-order valence-electron chi connectivity index (χ0n) is 15.1. The van der Waals surface area contributed by atoms with Gasteiger partial charge < -0.3 is 10.6 Å². The van der Waals surface area contributed by atoms with Gasteiger partial charge >= 0.3 is 0 Å². The van der Waals surface area contributed by atoms with Crippen molar-refractivity contribution < 1.29 is 13.2 Å². The Morgan fingerprint density at radius 3 is 2.93 bits per heavy atom. The van der Waals surface area contributed by atoms with Crippen molar-refractivity contribution in [1.82, 2.24) is 15.2 Å². The fourth-order valence-corrected chi connectivity index (χ4v) is 3.66. The molecular formula is C18H23N5O3S. The van der Waals surface area contributed by atoms with Crippen molar-refractivity contribution in [2.24, 2.45) is 5.14 Å². The maximum atomic E-state index is 12.6. The molecule has 3 rings (SSSR count). The molecule has 0 spiro atoms. The first-order valence-corrected chi connectivity index (χ1v) is 10.2. The van der Waals surface area contributed by atoms with E-state index in [1.807, 2.05) is 18.3 Å². The number of amides is 1. The zero-order chi connectivity index (χ0) is 19.4. The number of sulfonamides is 1. The second-order valence-electron chi connectivity index (χ2n) is 6.55. The third kappa shape index (κ3) is 4.89. The Morgan fingerprint density at radius 2 is 2.22 bits per heavy atom. The highest BCUT2D eigenvalue weighted by atomic mass is 32.2. The number of carbonyl (C=O) groups is 1. The molecule has 1 atom stereocenters. The van der Waals surface area contributed by atoms with Crippen LogP contribution in [0.2, 0.25) is 0 Å². The molecule has 0 aliphatic carbocycles. The van der Waals surface area contributed by atoms with E-state index in [9.17, 15) is 13.2 Å². The Balaban J connectivity index is 1.73. The molecule has 4 N–H and O–H groups in total. The van der Waals surface area contributed by atoms with E-state index < -0.39 is 10.0 Å². The Kier molecular flexibility index (Phi) is 5.85. The van der Waals surface area contributed by atoms with Gasteiger partial charge in [0.1, 0.15) is 0 Å². The largest absolute Gasteiger partial charge is 0.325 e. The van der Waals surface area contributed by atoms with Gasteiger partial charge in [0.25, 0.3) is 0 Å². The number of nitrogens with one attached hydrogen (secondary N) is 2. The Labute approximate surface area is 158 Å². The minimum atomic E-state index is -3.83. The Morgan fingerprint density at radius 1 is 1.41 bits per heavy atom. The molecule has 1 aromatic heterocycles. The molecule has 2 aromatic rings. The lowest BCUT2D eigenvalue weighted by molar-refractivity contribution is -0.118. The Hall–Kier alpha value is -2.33. The first-order valence-electron chi connectivity index (χ1n) is 8.62. The van der Waals surface area contributed by atoms with Crippen molar-refractivity contribution >= 4 is 21.6 Å². The summed E-state index contributed by atoms with van der Waals surface area (Å²) in [6.07, 6.45) is 3.53. The number of nitrogens with zero attached hydrogens (tertiary/aromatic N) is 2. The molecule has 144 valence electrons. The number of piperazine rings is 1. The molecule has 0 bridgehead atoms.